The molecule has 2 aromatic rings. The smallest absolute Gasteiger partial charge is 0.222 e. The van der Waals surface area contributed by atoms with Crippen molar-refractivity contribution < 1.29 is 9.59 Å². The molecule has 154 valence electrons. The third kappa shape index (κ3) is 7.35. The molecule has 0 saturated carbocycles. The Labute approximate surface area is 173 Å². The summed E-state index contributed by atoms with van der Waals surface area (Å²) in [5, 5.41) is 3.01. The highest BCUT2D eigenvalue weighted by Gasteiger charge is 2.20. The molecule has 3 rings (SSSR count). The van der Waals surface area contributed by atoms with Crippen LogP contribution in [0.2, 0.25) is 0 Å². The molecule has 0 unspecified atom stereocenters. The average molecular weight is 394 g/mol. The molecule has 5 heteroatoms. The number of rotatable bonds is 9. The van der Waals surface area contributed by atoms with Gasteiger partial charge in [-0.15, -0.1) is 0 Å². The molecule has 2 aromatic carbocycles. The zero-order valence-electron chi connectivity index (χ0n) is 17.1. The molecule has 1 saturated heterocycles. The molecule has 0 atom stereocenters. The van der Waals surface area contributed by atoms with Crippen LogP contribution < -0.4 is 5.32 Å². The van der Waals surface area contributed by atoms with Crippen LogP contribution in [-0.2, 0) is 22.4 Å². The SMILES string of the molecule is O=C(CCc1ccccc1)NCCN1CCN(C(=O)CCc2ccccc2)CC1. The van der Waals surface area contributed by atoms with Crippen molar-refractivity contribution in [1.29, 1.82) is 0 Å². The fourth-order valence-electron chi connectivity index (χ4n) is 3.62. The lowest BCUT2D eigenvalue weighted by Crippen LogP contribution is -2.50. The number of benzene rings is 2. The van der Waals surface area contributed by atoms with Crippen LogP contribution in [-0.4, -0.2) is 60.9 Å². The minimum absolute atomic E-state index is 0.101. The van der Waals surface area contributed by atoms with Crippen LogP contribution in [0.4, 0.5) is 0 Å². The molecule has 1 aliphatic rings. The van der Waals surface area contributed by atoms with E-state index in [1.54, 1.807) is 0 Å². The summed E-state index contributed by atoms with van der Waals surface area (Å²) in [4.78, 5) is 28.7. The van der Waals surface area contributed by atoms with E-state index < -0.39 is 0 Å². The van der Waals surface area contributed by atoms with Gasteiger partial charge in [-0.1, -0.05) is 60.7 Å². The lowest BCUT2D eigenvalue weighted by atomic mass is 10.1. The van der Waals surface area contributed by atoms with Crippen molar-refractivity contribution >= 4 is 11.8 Å². The van der Waals surface area contributed by atoms with Crippen LogP contribution in [0.3, 0.4) is 0 Å². The van der Waals surface area contributed by atoms with Crippen LogP contribution in [0.15, 0.2) is 60.7 Å². The van der Waals surface area contributed by atoms with Crippen LogP contribution >= 0.6 is 0 Å². The molecular formula is C24H31N3O2. The predicted molar refractivity (Wildman–Crippen MR) is 116 cm³/mol. The molecule has 2 amide bonds. The van der Waals surface area contributed by atoms with Crippen molar-refractivity contribution in [2.75, 3.05) is 39.3 Å². The first-order valence-corrected chi connectivity index (χ1v) is 10.6. The number of hydrogen-bond acceptors (Lipinski definition) is 3. The standard InChI is InChI=1S/C24H31N3O2/c28-23(13-11-21-7-3-1-4-8-21)25-15-16-26-17-19-27(20-18-26)24(29)14-12-22-9-5-2-6-10-22/h1-10H,11-20H2,(H,25,28). The Morgan fingerprint density at radius 1 is 0.759 bits per heavy atom. The maximum Gasteiger partial charge on any atom is 0.222 e. The van der Waals surface area contributed by atoms with Gasteiger partial charge in [0, 0.05) is 52.1 Å². The number of nitrogens with zero attached hydrogens (tertiary/aromatic N) is 2. The fourth-order valence-corrected chi connectivity index (χ4v) is 3.62. The zero-order chi connectivity index (χ0) is 20.3. The number of aryl methyl sites for hydroxylation is 2. The van der Waals surface area contributed by atoms with E-state index in [0.717, 1.165) is 45.6 Å². The Bertz CT molecular complexity index is 753. The summed E-state index contributed by atoms with van der Waals surface area (Å²) >= 11 is 0. The minimum Gasteiger partial charge on any atom is -0.355 e. The van der Waals surface area contributed by atoms with Crippen LogP contribution in [0.5, 0.6) is 0 Å². The third-order valence-electron chi connectivity index (χ3n) is 5.43. The van der Waals surface area contributed by atoms with E-state index in [4.69, 9.17) is 0 Å². The Morgan fingerprint density at radius 3 is 1.90 bits per heavy atom. The average Bonchev–Trinajstić information content (AvgIpc) is 2.78. The number of piperazine rings is 1. The van der Waals surface area contributed by atoms with Crippen molar-refractivity contribution in [2.24, 2.45) is 0 Å². The van der Waals surface area contributed by atoms with E-state index in [9.17, 15) is 9.59 Å². The quantitative estimate of drug-likeness (QED) is 0.712. The van der Waals surface area contributed by atoms with Crippen molar-refractivity contribution in [3.63, 3.8) is 0 Å². The molecule has 5 nitrogen and oxygen atoms in total. The zero-order valence-corrected chi connectivity index (χ0v) is 17.1. The first-order valence-electron chi connectivity index (χ1n) is 10.6. The lowest BCUT2D eigenvalue weighted by molar-refractivity contribution is -0.132. The summed E-state index contributed by atoms with van der Waals surface area (Å²) in [5.41, 5.74) is 2.40. The van der Waals surface area contributed by atoms with Gasteiger partial charge >= 0.3 is 0 Å². The molecule has 1 aliphatic heterocycles. The Kier molecular flexibility index (Phi) is 8.25. The van der Waals surface area contributed by atoms with Crippen molar-refractivity contribution in [2.45, 2.75) is 25.7 Å². The van der Waals surface area contributed by atoms with Gasteiger partial charge in [0.25, 0.3) is 0 Å². The highest BCUT2D eigenvalue weighted by atomic mass is 16.2. The van der Waals surface area contributed by atoms with Crippen molar-refractivity contribution in [3.8, 4) is 0 Å². The molecule has 0 radical (unpaired) electrons. The van der Waals surface area contributed by atoms with Gasteiger partial charge < -0.3 is 10.2 Å². The summed E-state index contributed by atoms with van der Waals surface area (Å²) in [5.74, 6) is 0.339. The second-order valence-electron chi connectivity index (χ2n) is 7.54. The summed E-state index contributed by atoms with van der Waals surface area (Å²) in [6, 6.07) is 20.2. The molecule has 0 aliphatic carbocycles. The van der Waals surface area contributed by atoms with Gasteiger partial charge in [0.05, 0.1) is 0 Å². The van der Waals surface area contributed by atoms with Crippen molar-refractivity contribution in [3.05, 3.63) is 71.8 Å². The van der Waals surface area contributed by atoms with Crippen LogP contribution in [0.25, 0.3) is 0 Å². The lowest BCUT2D eigenvalue weighted by Gasteiger charge is -2.34. The van der Waals surface area contributed by atoms with Gasteiger partial charge in [0.15, 0.2) is 0 Å². The number of carbonyl (C=O) groups excluding carboxylic acids is 2. The third-order valence-corrected chi connectivity index (χ3v) is 5.43. The van der Waals surface area contributed by atoms with E-state index in [1.165, 1.54) is 11.1 Å². The second-order valence-corrected chi connectivity index (χ2v) is 7.54. The Balaban J connectivity index is 1.26. The highest BCUT2D eigenvalue weighted by molar-refractivity contribution is 5.76. The van der Waals surface area contributed by atoms with E-state index >= 15 is 0 Å². The van der Waals surface area contributed by atoms with E-state index in [0.29, 0.717) is 19.4 Å². The summed E-state index contributed by atoms with van der Waals surface area (Å²) in [6.07, 6.45) is 2.67. The first kappa shape index (κ1) is 21.1. The predicted octanol–water partition coefficient (Wildman–Crippen LogP) is 2.51. The maximum atomic E-state index is 12.4. The van der Waals surface area contributed by atoms with Crippen LogP contribution in [0, 0.1) is 0 Å². The first-order chi connectivity index (χ1) is 14.2. The van der Waals surface area contributed by atoms with Gasteiger partial charge in [0.2, 0.25) is 11.8 Å². The molecular weight excluding hydrogens is 362 g/mol. The fraction of sp³-hybridized carbons (Fsp3) is 0.417. The Morgan fingerprint density at radius 2 is 1.31 bits per heavy atom. The van der Waals surface area contributed by atoms with E-state index in [1.807, 2.05) is 53.4 Å². The largest absolute Gasteiger partial charge is 0.355 e. The van der Waals surface area contributed by atoms with Crippen molar-refractivity contribution in [1.82, 2.24) is 15.1 Å². The number of nitrogens with one attached hydrogen (secondary N) is 1. The molecule has 0 aromatic heterocycles. The van der Waals surface area contributed by atoms with E-state index in [-0.39, 0.29) is 11.8 Å². The summed E-state index contributed by atoms with van der Waals surface area (Å²) in [6.45, 7) is 4.79. The van der Waals surface area contributed by atoms with Gasteiger partial charge in [-0.05, 0) is 24.0 Å². The molecule has 29 heavy (non-hydrogen) atoms. The topological polar surface area (TPSA) is 52.7 Å². The van der Waals surface area contributed by atoms with E-state index in [2.05, 4.69) is 22.3 Å². The van der Waals surface area contributed by atoms with Gasteiger partial charge in [-0.25, -0.2) is 0 Å². The molecule has 1 heterocycles. The number of hydrogen-bond donors (Lipinski definition) is 1. The van der Waals surface area contributed by atoms with Gasteiger partial charge in [0.1, 0.15) is 0 Å². The molecule has 0 spiro atoms. The minimum atomic E-state index is 0.101. The monoisotopic (exact) mass is 393 g/mol. The molecule has 0 bridgehead atoms. The van der Waals surface area contributed by atoms with Crippen LogP contribution in [0.1, 0.15) is 24.0 Å². The molecule has 1 N–H and O–H groups in total. The molecule has 1 fully saturated rings. The Hall–Kier alpha value is -2.66. The van der Waals surface area contributed by atoms with Gasteiger partial charge in [-0.2, -0.15) is 0 Å². The summed E-state index contributed by atoms with van der Waals surface area (Å²) in [7, 11) is 0. The van der Waals surface area contributed by atoms with Gasteiger partial charge in [-0.3, -0.25) is 14.5 Å². The number of amides is 2. The highest BCUT2D eigenvalue weighted by Crippen LogP contribution is 2.08. The maximum absolute atomic E-state index is 12.4. The second kappa shape index (κ2) is 11.4. The summed E-state index contributed by atoms with van der Waals surface area (Å²) < 4.78 is 0. The normalized spacial score (nSPS) is 14.6. The number of carbonyl (C=O) groups is 2.